The number of anilines is 1. The number of alkyl halides is 3. The average molecular weight is 314 g/mol. The fourth-order valence-electron chi connectivity index (χ4n) is 2.49. The van der Waals surface area contributed by atoms with E-state index in [2.05, 4.69) is 5.32 Å². The third-order valence-corrected chi connectivity index (χ3v) is 3.62. The van der Waals surface area contributed by atoms with E-state index < -0.39 is 18.0 Å². The summed E-state index contributed by atoms with van der Waals surface area (Å²) in [5.41, 5.74) is -0.108. The maximum absolute atomic E-state index is 12.3. The van der Waals surface area contributed by atoms with E-state index in [4.69, 9.17) is 0 Å². The van der Waals surface area contributed by atoms with Crippen molar-refractivity contribution in [3.05, 3.63) is 29.8 Å². The molecule has 0 unspecified atom stereocenters. The molecule has 1 fully saturated rings. The Labute approximate surface area is 126 Å². The van der Waals surface area contributed by atoms with E-state index in [1.165, 1.54) is 18.2 Å². The number of halogens is 3. The Morgan fingerprint density at radius 2 is 1.68 bits per heavy atom. The standard InChI is InChI=1S/C15H17F3N2O2/c16-15(17,18)14(22)20-12-9-5-4-8-11(12)13(21)19-10-6-2-1-3-7-10/h4-5,8-10H,1-3,6-7H2,(H,19,21)(H,20,22). The summed E-state index contributed by atoms with van der Waals surface area (Å²) in [6.07, 6.45) is -0.0853. The van der Waals surface area contributed by atoms with Crippen LogP contribution in [0.4, 0.5) is 18.9 Å². The number of hydrogen-bond donors (Lipinski definition) is 2. The summed E-state index contributed by atoms with van der Waals surface area (Å²) >= 11 is 0. The van der Waals surface area contributed by atoms with Gasteiger partial charge in [-0.2, -0.15) is 13.2 Å². The van der Waals surface area contributed by atoms with Crippen LogP contribution in [0, 0.1) is 0 Å². The molecule has 0 radical (unpaired) electrons. The van der Waals surface area contributed by atoms with E-state index in [-0.39, 0.29) is 17.3 Å². The van der Waals surface area contributed by atoms with Crippen LogP contribution in [0.3, 0.4) is 0 Å². The predicted molar refractivity (Wildman–Crippen MR) is 75.5 cm³/mol. The molecule has 4 nitrogen and oxygen atoms in total. The molecular weight excluding hydrogens is 297 g/mol. The molecule has 1 aliphatic carbocycles. The Bertz CT molecular complexity index is 552. The lowest BCUT2D eigenvalue weighted by atomic mass is 9.95. The molecule has 0 bridgehead atoms. The molecule has 1 saturated carbocycles. The number of para-hydroxylation sites is 1. The summed E-state index contributed by atoms with van der Waals surface area (Å²) in [6.45, 7) is 0. The second kappa shape index (κ2) is 6.81. The maximum Gasteiger partial charge on any atom is 0.471 e. The van der Waals surface area contributed by atoms with Crippen LogP contribution in [0.25, 0.3) is 0 Å². The zero-order valence-electron chi connectivity index (χ0n) is 11.9. The smallest absolute Gasteiger partial charge is 0.349 e. The van der Waals surface area contributed by atoms with Crippen LogP contribution in [0.15, 0.2) is 24.3 Å². The monoisotopic (exact) mass is 314 g/mol. The topological polar surface area (TPSA) is 58.2 Å². The Morgan fingerprint density at radius 3 is 2.32 bits per heavy atom. The molecule has 120 valence electrons. The van der Waals surface area contributed by atoms with Crippen LogP contribution >= 0.6 is 0 Å². The first-order valence-corrected chi connectivity index (χ1v) is 7.16. The summed E-state index contributed by atoms with van der Waals surface area (Å²) in [5, 5.41) is 4.56. The highest BCUT2D eigenvalue weighted by Crippen LogP contribution is 2.22. The molecule has 1 aliphatic rings. The van der Waals surface area contributed by atoms with Gasteiger partial charge in [-0.15, -0.1) is 0 Å². The molecule has 2 rings (SSSR count). The first-order valence-electron chi connectivity index (χ1n) is 7.16. The largest absolute Gasteiger partial charge is 0.471 e. The van der Waals surface area contributed by atoms with Gasteiger partial charge in [0.15, 0.2) is 0 Å². The Hall–Kier alpha value is -2.05. The molecule has 0 aliphatic heterocycles. The van der Waals surface area contributed by atoms with Gasteiger partial charge < -0.3 is 10.6 Å². The Kier molecular flexibility index (Phi) is 5.05. The lowest BCUT2D eigenvalue weighted by Gasteiger charge is -2.23. The first-order chi connectivity index (χ1) is 10.4. The number of amides is 2. The van der Waals surface area contributed by atoms with Crippen LogP contribution in [0.2, 0.25) is 0 Å². The minimum absolute atomic E-state index is 0.0330. The van der Waals surface area contributed by atoms with E-state index in [9.17, 15) is 22.8 Å². The SMILES string of the molecule is O=C(NC1CCCCC1)c1ccccc1NC(=O)C(F)(F)F. The zero-order chi connectivity index (χ0) is 16.2. The fourth-order valence-corrected chi connectivity index (χ4v) is 2.49. The number of rotatable bonds is 3. The van der Waals surface area contributed by atoms with Crippen LogP contribution in [-0.4, -0.2) is 24.0 Å². The van der Waals surface area contributed by atoms with Crippen LogP contribution in [0.1, 0.15) is 42.5 Å². The van der Waals surface area contributed by atoms with Gasteiger partial charge in [0.05, 0.1) is 11.3 Å². The fraction of sp³-hybridized carbons (Fsp3) is 0.467. The molecule has 7 heteroatoms. The van der Waals surface area contributed by atoms with Crippen molar-refractivity contribution in [2.45, 2.75) is 44.3 Å². The molecular formula is C15H17F3N2O2. The molecule has 22 heavy (non-hydrogen) atoms. The summed E-state index contributed by atoms with van der Waals surface area (Å²) < 4.78 is 37.0. The minimum atomic E-state index is -4.99. The number of benzene rings is 1. The summed E-state index contributed by atoms with van der Waals surface area (Å²) in [6, 6.07) is 5.71. The maximum atomic E-state index is 12.3. The van der Waals surface area contributed by atoms with Gasteiger partial charge in [0.2, 0.25) is 0 Å². The van der Waals surface area contributed by atoms with E-state index in [0.29, 0.717) is 0 Å². The Balaban J connectivity index is 2.10. The summed E-state index contributed by atoms with van der Waals surface area (Å²) in [5.74, 6) is -2.56. The highest BCUT2D eigenvalue weighted by molar-refractivity contribution is 6.04. The number of hydrogen-bond acceptors (Lipinski definition) is 2. The van der Waals surface area contributed by atoms with Gasteiger partial charge in [0.1, 0.15) is 0 Å². The molecule has 2 N–H and O–H groups in total. The molecule has 2 amide bonds. The number of carbonyl (C=O) groups excluding carboxylic acids is 2. The molecule has 0 heterocycles. The van der Waals surface area contributed by atoms with Crippen molar-refractivity contribution in [2.24, 2.45) is 0 Å². The highest BCUT2D eigenvalue weighted by Gasteiger charge is 2.39. The van der Waals surface area contributed by atoms with Crippen molar-refractivity contribution >= 4 is 17.5 Å². The van der Waals surface area contributed by atoms with Gasteiger partial charge in [0, 0.05) is 6.04 Å². The first kappa shape index (κ1) is 16.3. The third kappa shape index (κ3) is 4.22. The van der Waals surface area contributed by atoms with E-state index >= 15 is 0 Å². The third-order valence-electron chi connectivity index (χ3n) is 3.62. The number of nitrogens with one attached hydrogen (secondary N) is 2. The zero-order valence-corrected chi connectivity index (χ0v) is 11.9. The molecule has 1 aromatic rings. The van der Waals surface area contributed by atoms with Gasteiger partial charge >= 0.3 is 12.1 Å². The summed E-state index contributed by atoms with van der Waals surface area (Å²) in [4.78, 5) is 23.3. The highest BCUT2D eigenvalue weighted by atomic mass is 19.4. The van der Waals surface area contributed by atoms with Gasteiger partial charge in [-0.1, -0.05) is 31.4 Å². The van der Waals surface area contributed by atoms with Gasteiger partial charge in [-0.25, -0.2) is 0 Å². The van der Waals surface area contributed by atoms with Gasteiger partial charge in [0.25, 0.3) is 5.91 Å². The van der Waals surface area contributed by atoms with E-state index in [1.807, 2.05) is 0 Å². The quantitative estimate of drug-likeness (QED) is 0.900. The van der Waals surface area contributed by atoms with Gasteiger partial charge in [-0.3, -0.25) is 9.59 Å². The normalized spacial score (nSPS) is 16.1. The molecule has 0 aromatic heterocycles. The van der Waals surface area contributed by atoms with Crippen molar-refractivity contribution in [1.29, 1.82) is 0 Å². The van der Waals surface area contributed by atoms with E-state index in [0.717, 1.165) is 32.1 Å². The van der Waals surface area contributed by atoms with Gasteiger partial charge in [-0.05, 0) is 25.0 Å². The van der Waals surface area contributed by atoms with Crippen molar-refractivity contribution in [3.8, 4) is 0 Å². The van der Waals surface area contributed by atoms with Crippen molar-refractivity contribution in [1.82, 2.24) is 5.32 Å². The predicted octanol–water partition coefficient (Wildman–Crippen LogP) is 3.25. The van der Waals surface area contributed by atoms with Crippen molar-refractivity contribution in [3.63, 3.8) is 0 Å². The Morgan fingerprint density at radius 1 is 1.05 bits per heavy atom. The second-order valence-corrected chi connectivity index (χ2v) is 5.31. The van der Waals surface area contributed by atoms with Crippen molar-refractivity contribution < 1.29 is 22.8 Å². The van der Waals surface area contributed by atoms with Crippen molar-refractivity contribution in [2.75, 3.05) is 5.32 Å². The second-order valence-electron chi connectivity index (χ2n) is 5.31. The molecule has 1 aromatic carbocycles. The minimum Gasteiger partial charge on any atom is -0.349 e. The van der Waals surface area contributed by atoms with E-state index in [1.54, 1.807) is 11.4 Å². The lowest BCUT2D eigenvalue weighted by molar-refractivity contribution is -0.167. The molecule has 0 spiro atoms. The number of carbonyl (C=O) groups is 2. The average Bonchev–Trinajstić information content (AvgIpc) is 2.47. The lowest BCUT2D eigenvalue weighted by Crippen LogP contribution is -2.37. The van der Waals surface area contributed by atoms with Crippen LogP contribution < -0.4 is 10.6 Å². The summed E-state index contributed by atoms with van der Waals surface area (Å²) in [7, 11) is 0. The molecule has 0 saturated heterocycles. The van der Waals surface area contributed by atoms with Crippen LogP contribution in [-0.2, 0) is 4.79 Å². The molecule has 0 atom stereocenters. The van der Waals surface area contributed by atoms with Crippen LogP contribution in [0.5, 0.6) is 0 Å².